The van der Waals surface area contributed by atoms with Crippen LogP contribution >= 0.6 is 11.6 Å². The Labute approximate surface area is 110 Å². The lowest BCUT2D eigenvalue weighted by molar-refractivity contribution is -0.141. The third kappa shape index (κ3) is 3.37. The van der Waals surface area contributed by atoms with E-state index in [1.807, 2.05) is 6.92 Å². The van der Waals surface area contributed by atoms with Crippen molar-refractivity contribution in [1.29, 1.82) is 0 Å². The lowest BCUT2D eigenvalue weighted by Crippen LogP contribution is -2.29. The third-order valence-electron chi connectivity index (χ3n) is 2.43. The maximum Gasteiger partial charge on any atom is 0.337 e. The molecular formula is C12H14ClNO4. The normalized spacial score (nSPS) is 11.7. The first-order valence-corrected chi connectivity index (χ1v) is 5.74. The van der Waals surface area contributed by atoms with Crippen LogP contribution in [0.15, 0.2) is 18.2 Å². The van der Waals surface area contributed by atoms with Crippen molar-refractivity contribution in [2.24, 2.45) is 0 Å². The Morgan fingerprint density at radius 3 is 2.67 bits per heavy atom. The second kappa shape index (κ2) is 6.26. The second-order valence-electron chi connectivity index (χ2n) is 3.63. The van der Waals surface area contributed by atoms with Crippen LogP contribution in [-0.2, 0) is 9.53 Å². The highest BCUT2D eigenvalue weighted by Crippen LogP contribution is 2.21. The summed E-state index contributed by atoms with van der Waals surface area (Å²) in [6.45, 7) is 1.82. The van der Waals surface area contributed by atoms with Crippen molar-refractivity contribution >= 4 is 29.2 Å². The molecule has 0 fully saturated rings. The van der Waals surface area contributed by atoms with E-state index in [1.54, 1.807) is 6.07 Å². The smallest absolute Gasteiger partial charge is 0.337 e. The molecule has 1 rings (SSSR count). The van der Waals surface area contributed by atoms with Gasteiger partial charge in [0, 0.05) is 5.69 Å². The highest BCUT2D eigenvalue weighted by molar-refractivity contribution is 6.33. The second-order valence-corrected chi connectivity index (χ2v) is 4.04. The molecule has 0 aliphatic carbocycles. The number of carbonyl (C=O) groups excluding carboxylic acids is 1. The van der Waals surface area contributed by atoms with E-state index in [1.165, 1.54) is 19.2 Å². The Bertz CT molecular complexity index is 461. The van der Waals surface area contributed by atoms with Gasteiger partial charge >= 0.3 is 11.9 Å². The molecule has 1 atom stereocenters. The molecule has 1 aromatic rings. The number of rotatable bonds is 5. The maximum absolute atomic E-state index is 11.4. The zero-order chi connectivity index (χ0) is 13.7. The number of aromatic carboxylic acids is 1. The number of nitrogens with one attached hydrogen (secondary N) is 1. The number of esters is 1. The minimum absolute atomic E-state index is 0.0126. The number of carbonyl (C=O) groups is 2. The van der Waals surface area contributed by atoms with E-state index in [0.717, 1.165) is 0 Å². The topological polar surface area (TPSA) is 75.6 Å². The van der Waals surface area contributed by atoms with Crippen LogP contribution < -0.4 is 5.32 Å². The van der Waals surface area contributed by atoms with Gasteiger partial charge in [0.05, 0.1) is 17.7 Å². The van der Waals surface area contributed by atoms with Gasteiger partial charge in [0.25, 0.3) is 0 Å². The lowest BCUT2D eigenvalue weighted by Gasteiger charge is -2.16. The van der Waals surface area contributed by atoms with E-state index < -0.39 is 18.0 Å². The van der Waals surface area contributed by atoms with Crippen LogP contribution in [0.3, 0.4) is 0 Å². The molecular weight excluding hydrogens is 258 g/mol. The number of hydrogen-bond acceptors (Lipinski definition) is 4. The number of anilines is 1. The number of halogens is 1. The van der Waals surface area contributed by atoms with Gasteiger partial charge in [-0.2, -0.15) is 0 Å². The van der Waals surface area contributed by atoms with E-state index in [4.69, 9.17) is 16.7 Å². The quantitative estimate of drug-likeness (QED) is 0.804. The van der Waals surface area contributed by atoms with E-state index in [-0.39, 0.29) is 10.6 Å². The number of methoxy groups -OCH3 is 1. The Kier molecular flexibility index (Phi) is 4.97. The first-order valence-electron chi connectivity index (χ1n) is 5.36. The average Bonchev–Trinajstić information content (AvgIpc) is 2.36. The van der Waals surface area contributed by atoms with Gasteiger partial charge in [-0.05, 0) is 24.6 Å². The third-order valence-corrected chi connectivity index (χ3v) is 2.76. The molecule has 0 amide bonds. The first-order chi connectivity index (χ1) is 8.49. The van der Waals surface area contributed by atoms with Gasteiger partial charge in [-0.1, -0.05) is 18.5 Å². The van der Waals surface area contributed by atoms with Gasteiger partial charge in [-0.15, -0.1) is 0 Å². The minimum atomic E-state index is -1.12. The van der Waals surface area contributed by atoms with Crippen molar-refractivity contribution in [1.82, 2.24) is 0 Å². The summed E-state index contributed by atoms with van der Waals surface area (Å²) in [5.74, 6) is -1.51. The summed E-state index contributed by atoms with van der Waals surface area (Å²) in [6, 6.07) is 3.95. The molecule has 2 N–H and O–H groups in total. The summed E-state index contributed by atoms with van der Waals surface area (Å²) in [5, 5.41) is 12.0. The monoisotopic (exact) mass is 271 g/mol. The Balaban J connectivity index is 2.94. The average molecular weight is 272 g/mol. The predicted octanol–water partition coefficient (Wildman–Crippen LogP) is 2.40. The Morgan fingerprint density at radius 1 is 1.50 bits per heavy atom. The maximum atomic E-state index is 11.4. The molecule has 0 heterocycles. The van der Waals surface area contributed by atoms with Crippen LogP contribution in [0.2, 0.25) is 5.02 Å². The molecule has 0 aromatic heterocycles. The molecule has 0 aliphatic heterocycles. The largest absolute Gasteiger partial charge is 0.478 e. The summed E-state index contributed by atoms with van der Waals surface area (Å²) in [4.78, 5) is 22.3. The number of hydrogen-bond donors (Lipinski definition) is 2. The van der Waals surface area contributed by atoms with Crippen LogP contribution in [0.25, 0.3) is 0 Å². The van der Waals surface area contributed by atoms with E-state index in [0.29, 0.717) is 12.1 Å². The fourth-order valence-corrected chi connectivity index (χ4v) is 1.65. The zero-order valence-corrected chi connectivity index (χ0v) is 10.8. The lowest BCUT2D eigenvalue weighted by atomic mass is 10.1. The van der Waals surface area contributed by atoms with Crippen molar-refractivity contribution in [2.45, 2.75) is 19.4 Å². The summed E-state index contributed by atoms with van der Waals surface area (Å²) >= 11 is 5.75. The number of carboxylic acids is 1. The van der Waals surface area contributed by atoms with E-state index in [2.05, 4.69) is 10.1 Å². The molecule has 0 bridgehead atoms. The fraction of sp³-hybridized carbons (Fsp3) is 0.333. The van der Waals surface area contributed by atoms with Gasteiger partial charge in [0.2, 0.25) is 0 Å². The molecule has 18 heavy (non-hydrogen) atoms. The fourth-order valence-electron chi connectivity index (χ4n) is 1.45. The molecule has 5 nitrogen and oxygen atoms in total. The molecule has 1 aromatic carbocycles. The predicted molar refractivity (Wildman–Crippen MR) is 68.1 cm³/mol. The summed E-state index contributed by atoms with van der Waals surface area (Å²) in [6.07, 6.45) is 0.526. The highest BCUT2D eigenvalue weighted by Gasteiger charge is 2.17. The van der Waals surface area contributed by atoms with Gasteiger partial charge in [0.15, 0.2) is 0 Å². The summed E-state index contributed by atoms with van der Waals surface area (Å²) < 4.78 is 4.63. The van der Waals surface area contributed by atoms with Crippen LogP contribution in [-0.4, -0.2) is 30.2 Å². The number of ether oxygens (including phenoxy) is 1. The SMILES string of the molecule is CCC(Nc1ccc(Cl)c(C(=O)O)c1)C(=O)OC. The van der Waals surface area contributed by atoms with Crippen molar-refractivity contribution in [3.8, 4) is 0 Å². The van der Waals surface area contributed by atoms with Gasteiger partial charge < -0.3 is 15.2 Å². The summed E-state index contributed by atoms with van der Waals surface area (Å²) in [7, 11) is 1.30. The van der Waals surface area contributed by atoms with Gasteiger partial charge in [0.1, 0.15) is 6.04 Å². The molecule has 6 heteroatoms. The van der Waals surface area contributed by atoms with Crippen LogP contribution in [0.4, 0.5) is 5.69 Å². The zero-order valence-electron chi connectivity index (χ0n) is 10.1. The summed E-state index contributed by atoms with van der Waals surface area (Å²) in [5.41, 5.74) is 0.496. The van der Waals surface area contributed by atoms with Crippen LogP contribution in [0, 0.1) is 0 Å². The Hall–Kier alpha value is -1.75. The molecule has 98 valence electrons. The van der Waals surface area contributed by atoms with Crippen LogP contribution in [0.5, 0.6) is 0 Å². The van der Waals surface area contributed by atoms with Crippen molar-refractivity contribution in [3.63, 3.8) is 0 Å². The van der Waals surface area contributed by atoms with E-state index >= 15 is 0 Å². The minimum Gasteiger partial charge on any atom is -0.478 e. The first kappa shape index (κ1) is 14.3. The Morgan fingerprint density at radius 2 is 2.17 bits per heavy atom. The molecule has 1 unspecified atom stereocenters. The number of benzene rings is 1. The molecule has 0 saturated carbocycles. The van der Waals surface area contributed by atoms with Gasteiger partial charge in [-0.3, -0.25) is 0 Å². The van der Waals surface area contributed by atoms with E-state index in [9.17, 15) is 9.59 Å². The van der Waals surface area contributed by atoms with Crippen molar-refractivity contribution in [2.75, 3.05) is 12.4 Å². The van der Waals surface area contributed by atoms with Crippen molar-refractivity contribution in [3.05, 3.63) is 28.8 Å². The number of carboxylic acid groups (broad SMARTS) is 1. The molecule has 0 saturated heterocycles. The standard InChI is InChI=1S/C12H14ClNO4/c1-3-10(12(17)18-2)14-7-4-5-9(13)8(6-7)11(15)16/h4-6,10,14H,3H2,1-2H3,(H,15,16). The van der Waals surface area contributed by atoms with Crippen molar-refractivity contribution < 1.29 is 19.4 Å². The molecule has 0 radical (unpaired) electrons. The molecule has 0 spiro atoms. The van der Waals surface area contributed by atoms with Gasteiger partial charge in [-0.25, -0.2) is 9.59 Å². The highest BCUT2D eigenvalue weighted by atomic mass is 35.5. The van der Waals surface area contributed by atoms with Crippen LogP contribution in [0.1, 0.15) is 23.7 Å². The molecule has 0 aliphatic rings.